The molecule has 0 aromatic rings. The number of hydrogen-bond donors (Lipinski definition) is 0. The first-order valence-electron chi connectivity index (χ1n) is 11.3. The first kappa shape index (κ1) is 20.1. The van der Waals surface area contributed by atoms with Gasteiger partial charge in [0.1, 0.15) is 11.6 Å². The minimum atomic E-state index is -0.195. The van der Waals surface area contributed by atoms with Crippen LogP contribution in [0.25, 0.3) is 0 Å². The number of rotatable bonds is 3. The van der Waals surface area contributed by atoms with E-state index in [2.05, 4.69) is 20.8 Å². The number of ether oxygens (including phenoxy) is 1. The summed E-state index contributed by atoms with van der Waals surface area (Å²) in [6, 6.07) is 0. The Hall–Kier alpha value is -1.19. The highest BCUT2D eigenvalue weighted by Gasteiger charge is 2.62. The van der Waals surface area contributed by atoms with Crippen molar-refractivity contribution in [1.82, 2.24) is 0 Å². The lowest BCUT2D eigenvalue weighted by atomic mass is 9.44. The molecule has 4 fully saturated rings. The Kier molecular flexibility index (Phi) is 4.99. The van der Waals surface area contributed by atoms with Gasteiger partial charge in [-0.1, -0.05) is 20.8 Å². The van der Waals surface area contributed by atoms with E-state index in [1.165, 1.54) is 32.6 Å². The standard InChI is InChI=1S/C24H36O4/c1-14(13-28-15(2)25)18-5-6-19-17-12-22(27)21-11-16(26)7-9-24(21,4)20(17)8-10-23(18,19)3/h14,17-21H,5-13H2,1-4H3/t14-,17+,18-,19+,20+,21-,23-,24-/m1/s1. The molecule has 8 atom stereocenters. The van der Waals surface area contributed by atoms with Gasteiger partial charge in [0.25, 0.3) is 0 Å². The van der Waals surface area contributed by atoms with Crippen LogP contribution in [-0.2, 0) is 19.1 Å². The smallest absolute Gasteiger partial charge is 0.302 e. The summed E-state index contributed by atoms with van der Waals surface area (Å²) in [5.41, 5.74) is 0.269. The molecule has 0 aromatic carbocycles. The molecule has 4 rings (SSSR count). The highest BCUT2D eigenvalue weighted by atomic mass is 16.5. The molecule has 0 heterocycles. The molecule has 4 aliphatic carbocycles. The Morgan fingerprint density at radius 3 is 2.50 bits per heavy atom. The van der Waals surface area contributed by atoms with E-state index in [1.54, 1.807) is 0 Å². The molecule has 0 amide bonds. The molecule has 0 bridgehead atoms. The second-order valence-corrected chi connectivity index (χ2v) is 10.9. The summed E-state index contributed by atoms with van der Waals surface area (Å²) in [4.78, 5) is 36.4. The summed E-state index contributed by atoms with van der Waals surface area (Å²) >= 11 is 0. The third kappa shape index (κ3) is 2.97. The van der Waals surface area contributed by atoms with Crippen LogP contribution >= 0.6 is 0 Å². The molecule has 4 aliphatic rings. The van der Waals surface area contributed by atoms with Crippen LogP contribution in [0.1, 0.15) is 79.1 Å². The molecule has 4 heteroatoms. The summed E-state index contributed by atoms with van der Waals surface area (Å²) in [5.74, 6) is 3.01. The van der Waals surface area contributed by atoms with Crippen LogP contribution in [0.4, 0.5) is 0 Å². The highest BCUT2D eigenvalue weighted by molar-refractivity contribution is 5.90. The topological polar surface area (TPSA) is 60.4 Å². The van der Waals surface area contributed by atoms with Gasteiger partial charge in [-0.3, -0.25) is 14.4 Å². The van der Waals surface area contributed by atoms with Gasteiger partial charge in [-0.15, -0.1) is 0 Å². The number of esters is 1. The normalized spacial score (nSPS) is 46.4. The Bertz CT molecular complexity index is 684. The minimum Gasteiger partial charge on any atom is -0.466 e. The summed E-state index contributed by atoms with van der Waals surface area (Å²) in [5, 5.41) is 0. The van der Waals surface area contributed by atoms with E-state index in [9.17, 15) is 14.4 Å². The van der Waals surface area contributed by atoms with Gasteiger partial charge in [-0.25, -0.2) is 0 Å². The Morgan fingerprint density at radius 2 is 1.79 bits per heavy atom. The van der Waals surface area contributed by atoms with E-state index >= 15 is 0 Å². The predicted octanol–water partition coefficient (Wildman–Crippen LogP) is 4.59. The van der Waals surface area contributed by atoms with Gasteiger partial charge in [-0.2, -0.15) is 0 Å². The fourth-order valence-electron chi connectivity index (χ4n) is 8.18. The van der Waals surface area contributed by atoms with Crippen molar-refractivity contribution in [3.8, 4) is 0 Å². The van der Waals surface area contributed by atoms with E-state index in [4.69, 9.17) is 4.74 Å². The third-order valence-corrected chi connectivity index (χ3v) is 9.59. The molecular weight excluding hydrogens is 352 g/mol. The van der Waals surface area contributed by atoms with Gasteiger partial charge >= 0.3 is 5.97 Å². The molecule has 156 valence electrons. The van der Waals surface area contributed by atoms with Crippen molar-refractivity contribution in [2.45, 2.75) is 79.1 Å². The predicted molar refractivity (Wildman–Crippen MR) is 106 cm³/mol. The fourth-order valence-corrected chi connectivity index (χ4v) is 8.18. The highest BCUT2D eigenvalue weighted by Crippen LogP contribution is 2.67. The van der Waals surface area contributed by atoms with Crippen molar-refractivity contribution in [3.05, 3.63) is 0 Å². The van der Waals surface area contributed by atoms with Crippen LogP contribution in [-0.4, -0.2) is 24.1 Å². The van der Waals surface area contributed by atoms with Crippen molar-refractivity contribution in [2.75, 3.05) is 6.61 Å². The molecule has 0 spiro atoms. The van der Waals surface area contributed by atoms with E-state index < -0.39 is 0 Å². The number of ketones is 2. The molecule has 0 saturated heterocycles. The van der Waals surface area contributed by atoms with Crippen molar-refractivity contribution < 1.29 is 19.1 Å². The maximum Gasteiger partial charge on any atom is 0.302 e. The lowest BCUT2D eigenvalue weighted by molar-refractivity contribution is -0.159. The van der Waals surface area contributed by atoms with Crippen LogP contribution in [0, 0.1) is 46.3 Å². The Morgan fingerprint density at radius 1 is 1.07 bits per heavy atom. The van der Waals surface area contributed by atoms with Crippen molar-refractivity contribution in [2.24, 2.45) is 46.3 Å². The van der Waals surface area contributed by atoms with Crippen LogP contribution < -0.4 is 0 Å². The molecule has 0 unspecified atom stereocenters. The Labute approximate surface area is 169 Å². The SMILES string of the molecule is CC(=O)OC[C@@H](C)[C@H]1CC[C@H]2[C@@H]3CC(=O)[C@H]4CC(=O)CC[C@]4(C)[C@H]3CC[C@]12C. The molecule has 4 nitrogen and oxygen atoms in total. The van der Waals surface area contributed by atoms with Gasteiger partial charge in [0.2, 0.25) is 0 Å². The molecule has 0 aromatic heterocycles. The van der Waals surface area contributed by atoms with E-state index in [0.717, 1.165) is 6.42 Å². The summed E-state index contributed by atoms with van der Waals surface area (Å²) in [7, 11) is 0. The molecule has 0 N–H and O–H groups in total. The maximum atomic E-state index is 13.1. The molecular formula is C24H36O4. The summed E-state index contributed by atoms with van der Waals surface area (Å²) < 4.78 is 5.34. The van der Waals surface area contributed by atoms with E-state index in [-0.39, 0.29) is 28.5 Å². The maximum absolute atomic E-state index is 13.1. The number of hydrogen-bond acceptors (Lipinski definition) is 4. The van der Waals surface area contributed by atoms with E-state index in [1.807, 2.05) is 0 Å². The molecule has 0 radical (unpaired) electrons. The van der Waals surface area contributed by atoms with Crippen LogP contribution in [0.15, 0.2) is 0 Å². The first-order chi connectivity index (χ1) is 13.2. The van der Waals surface area contributed by atoms with Crippen molar-refractivity contribution >= 4 is 17.5 Å². The van der Waals surface area contributed by atoms with E-state index in [0.29, 0.717) is 61.2 Å². The fraction of sp³-hybridized carbons (Fsp3) is 0.875. The zero-order chi connectivity index (χ0) is 20.3. The van der Waals surface area contributed by atoms with Gasteiger partial charge in [-0.05, 0) is 72.5 Å². The number of carbonyl (C=O) groups excluding carboxylic acids is 3. The van der Waals surface area contributed by atoms with Crippen LogP contribution in [0.2, 0.25) is 0 Å². The zero-order valence-corrected chi connectivity index (χ0v) is 18.0. The largest absolute Gasteiger partial charge is 0.466 e. The summed E-state index contributed by atoms with van der Waals surface area (Å²) in [6.07, 6.45) is 7.50. The van der Waals surface area contributed by atoms with Crippen LogP contribution in [0.3, 0.4) is 0 Å². The Balaban J connectivity index is 1.56. The lowest BCUT2D eigenvalue weighted by Crippen LogP contribution is -2.56. The number of fused-ring (bicyclic) bond motifs is 5. The van der Waals surface area contributed by atoms with Gasteiger partial charge in [0.15, 0.2) is 0 Å². The average molecular weight is 389 g/mol. The lowest BCUT2D eigenvalue weighted by Gasteiger charge is -2.59. The second kappa shape index (κ2) is 6.95. The summed E-state index contributed by atoms with van der Waals surface area (Å²) in [6.45, 7) is 8.98. The van der Waals surface area contributed by atoms with Crippen molar-refractivity contribution in [1.29, 1.82) is 0 Å². The van der Waals surface area contributed by atoms with Crippen molar-refractivity contribution in [3.63, 3.8) is 0 Å². The number of carbonyl (C=O) groups is 3. The molecule has 0 aliphatic heterocycles. The monoisotopic (exact) mass is 388 g/mol. The quantitative estimate of drug-likeness (QED) is 0.663. The van der Waals surface area contributed by atoms with Crippen LogP contribution in [0.5, 0.6) is 0 Å². The first-order valence-corrected chi connectivity index (χ1v) is 11.3. The van der Waals surface area contributed by atoms with Gasteiger partial charge in [0.05, 0.1) is 6.61 Å². The average Bonchev–Trinajstić information content (AvgIpc) is 2.99. The minimum absolute atomic E-state index is 0.0245. The van der Waals surface area contributed by atoms with Gasteiger partial charge < -0.3 is 4.74 Å². The molecule has 4 saturated carbocycles. The van der Waals surface area contributed by atoms with Gasteiger partial charge in [0, 0.05) is 32.1 Å². The third-order valence-electron chi connectivity index (χ3n) is 9.59. The second-order valence-electron chi connectivity index (χ2n) is 10.9. The molecule has 28 heavy (non-hydrogen) atoms. The number of Topliss-reactive ketones (excluding diaryl/α,β-unsaturated/α-hetero) is 2. The zero-order valence-electron chi connectivity index (χ0n) is 18.0.